The predicted molar refractivity (Wildman–Crippen MR) is 107 cm³/mol. The minimum Gasteiger partial charge on any atom is -0.497 e. The Kier molecular flexibility index (Phi) is 5.57. The number of ether oxygens (including phenoxy) is 2. The first-order valence-corrected chi connectivity index (χ1v) is 9.54. The van der Waals surface area contributed by atoms with E-state index in [0.717, 1.165) is 22.6 Å². The fraction of sp³-hybridized carbons (Fsp3) is 0.318. The van der Waals surface area contributed by atoms with E-state index in [-0.39, 0.29) is 18.4 Å². The van der Waals surface area contributed by atoms with Gasteiger partial charge in [0.1, 0.15) is 11.8 Å². The van der Waals surface area contributed by atoms with E-state index in [2.05, 4.69) is 10.1 Å². The molecule has 3 aromatic rings. The van der Waals surface area contributed by atoms with Crippen molar-refractivity contribution in [2.75, 3.05) is 25.7 Å². The summed E-state index contributed by atoms with van der Waals surface area (Å²) in [5.74, 6) is 1.79. The van der Waals surface area contributed by atoms with Crippen LogP contribution in [0.1, 0.15) is 28.9 Å². The quantitative estimate of drug-likeness (QED) is 0.614. The number of hydrogen-bond acceptors (Lipinski definition) is 6. The molecule has 4 rings (SSSR count). The molecule has 0 saturated carbocycles. The molecule has 0 fully saturated rings. The van der Waals surface area contributed by atoms with Crippen LogP contribution in [0.5, 0.6) is 5.75 Å². The van der Waals surface area contributed by atoms with Crippen LogP contribution in [0.2, 0.25) is 0 Å². The molecule has 7 nitrogen and oxygen atoms in total. The van der Waals surface area contributed by atoms with Gasteiger partial charge in [-0.15, -0.1) is 0 Å². The van der Waals surface area contributed by atoms with Gasteiger partial charge in [0.05, 0.1) is 20.1 Å². The van der Waals surface area contributed by atoms with Gasteiger partial charge in [0.25, 0.3) is 0 Å². The summed E-state index contributed by atoms with van der Waals surface area (Å²) >= 11 is 0. The second-order valence-electron chi connectivity index (χ2n) is 6.93. The number of anilines is 1. The summed E-state index contributed by atoms with van der Waals surface area (Å²) in [4.78, 5) is 19.6. The molecule has 0 bridgehead atoms. The molecule has 0 radical (unpaired) electrons. The van der Waals surface area contributed by atoms with Crippen molar-refractivity contribution in [3.8, 4) is 5.75 Å². The number of nitrogens with zero attached hydrogens (tertiary/aromatic N) is 3. The Balaban J connectivity index is 1.59. The van der Waals surface area contributed by atoms with E-state index in [9.17, 15) is 4.79 Å². The standard InChI is InChI=1S/C22H23N3O4/c1-27-12-11-20-23-22(29-24-20)19-14-16-5-3-4-6-18(16)25(19)21(26)13-15-7-9-17(28-2)10-8-15/h3-10,19H,11-14H2,1-2H3. The average Bonchev–Trinajstić information content (AvgIpc) is 3.37. The van der Waals surface area contributed by atoms with Crippen LogP contribution in [0.3, 0.4) is 0 Å². The molecule has 2 aromatic carbocycles. The second-order valence-corrected chi connectivity index (χ2v) is 6.93. The summed E-state index contributed by atoms with van der Waals surface area (Å²) in [6.07, 6.45) is 1.50. The third kappa shape index (κ3) is 4.00. The third-order valence-electron chi connectivity index (χ3n) is 5.06. The van der Waals surface area contributed by atoms with Crippen LogP contribution in [0.25, 0.3) is 0 Å². The molecular formula is C22H23N3O4. The molecule has 29 heavy (non-hydrogen) atoms. The van der Waals surface area contributed by atoms with Gasteiger partial charge in [-0.2, -0.15) is 4.98 Å². The lowest BCUT2D eigenvalue weighted by atomic mass is 10.1. The van der Waals surface area contributed by atoms with Crippen LogP contribution >= 0.6 is 0 Å². The number of carbonyl (C=O) groups is 1. The Morgan fingerprint density at radius 3 is 2.72 bits per heavy atom. The fourth-order valence-electron chi connectivity index (χ4n) is 3.59. The van der Waals surface area contributed by atoms with Gasteiger partial charge in [-0.3, -0.25) is 9.69 Å². The Bertz CT molecular complexity index is 984. The number of rotatable bonds is 7. The summed E-state index contributed by atoms with van der Waals surface area (Å²) < 4.78 is 15.8. The van der Waals surface area contributed by atoms with Crippen molar-refractivity contribution >= 4 is 11.6 Å². The van der Waals surface area contributed by atoms with Crippen LogP contribution in [0.4, 0.5) is 5.69 Å². The maximum Gasteiger partial charge on any atom is 0.250 e. The molecular weight excluding hydrogens is 370 g/mol. The van der Waals surface area contributed by atoms with Crippen molar-refractivity contribution in [2.45, 2.75) is 25.3 Å². The monoisotopic (exact) mass is 393 g/mol. The van der Waals surface area contributed by atoms with Gasteiger partial charge in [-0.25, -0.2) is 0 Å². The first-order valence-electron chi connectivity index (χ1n) is 9.54. The lowest BCUT2D eigenvalue weighted by Crippen LogP contribution is -2.33. The van der Waals surface area contributed by atoms with Crippen LogP contribution in [0.15, 0.2) is 53.1 Å². The van der Waals surface area contributed by atoms with Crippen molar-refractivity contribution in [1.29, 1.82) is 0 Å². The molecule has 1 aliphatic rings. The summed E-state index contributed by atoms with van der Waals surface area (Å²) in [5.41, 5.74) is 2.91. The molecule has 1 atom stereocenters. The smallest absolute Gasteiger partial charge is 0.250 e. The van der Waals surface area contributed by atoms with Gasteiger partial charge in [0, 0.05) is 25.6 Å². The van der Waals surface area contributed by atoms with E-state index in [4.69, 9.17) is 14.0 Å². The summed E-state index contributed by atoms with van der Waals surface area (Å²) in [6, 6.07) is 15.1. The molecule has 0 aliphatic carbocycles. The third-order valence-corrected chi connectivity index (χ3v) is 5.06. The van der Waals surface area contributed by atoms with Crippen molar-refractivity contribution in [1.82, 2.24) is 10.1 Å². The summed E-state index contributed by atoms with van der Waals surface area (Å²) in [7, 11) is 3.26. The van der Waals surface area contributed by atoms with Crippen LogP contribution in [0, 0.1) is 0 Å². The minimum absolute atomic E-state index is 0.0123. The number of aromatic nitrogens is 2. The van der Waals surface area contributed by atoms with E-state index in [1.54, 1.807) is 19.1 Å². The zero-order chi connectivity index (χ0) is 20.2. The van der Waals surface area contributed by atoms with Gasteiger partial charge in [-0.05, 0) is 29.3 Å². The van der Waals surface area contributed by atoms with Crippen molar-refractivity contribution in [2.24, 2.45) is 0 Å². The highest BCUT2D eigenvalue weighted by Crippen LogP contribution is 2.40. The van der Waals surface area contributed by atoms with Crippen molar-refractivity contribution < 1.29 is 18.8 Å². The van der Waals surface area contributed by atoms with Gasteiger partial charge in [0.15, 0.2) is 5.82 Å². The normalized spacial score (nSPS) is 15.4. The number of hydrogen-bond donors (Lipinski definition) is 0. The van der Waals surface area contributed by atoms with Crippen molar-refractivity contribution in [3.05, 3.63) is 71.4 Å². The largest absolute Gasteiger partial charge is 0.497 e. The molecule has 1 aromatic heterocycles. The number of fused-ring (bicyclic) bond motifs is 1. The highest BCUT2D eigenvalue weighted by Gasteiger charge is 2.37. The molecule has 7 heteroatoms. The predicted octanol–water partition coefficient (Wildman–Crippen LogP) is 3.14. The Hall–Kier alpha value is -3.19. The summed E-state index contributed by atoms with van der Waals surface area (Å²) in [6.45, 7) is 0.518. The highest BCUT2D eigenvalue weighted by atomic mass is 16.5. The van der Waals surface area contributed by atoms with Crippen LogP contribution < -0.4 is 9.64 Å². The molecule has 2 heterocycles. The van der Waals surface area contributed by atoms with Gasteiger partial charge >= 0.3 is 0 Å². The Morgan fingerprint density at radius 1 is 1.17 bits per heavy atom. The SMILES string of the molecule is COCCc1noc(C2Cc3ccccc3N2C(=O)Cc2ccc(OC)cc2)n1. The molecule has 1 aliphatic heterocycles. The van der Waals surface area contributed by atoms with Gasteiger partial charge in [0.2, 0.25) is 11.8 Å². The average molecular weight is 393 g/mol. The topological polar surface area (TPSA) is 77.7 Å². The van der Waals surface area contributed by atoms with Gasteiger partial charge in [-0.1, -0.05) is 35.5 Å². The molecule has 150 valence electrons. The number of benzene rings is 2. The Morgan fingerprint density at radius 2 is 1.97 bits per heavy atom. The minimum atomic E-state index is -0.304. The first-order chi connectivity index (χ1) is 14.2. The van der Waals surface area contributed by atoms with E-state index >= 15 is 0 Å². The van der Waals surface area contributed by atoms with Crippen LogP contribution in [-0.4, -0.2) is 36.9 Å². The lowest BCUT2D eigenvalue weighted by molar-refractivity contribution is -0.118. The van der Waals surface area contributed by atoms with E-state index in [1.807, 2.05) is 48.5 Å². The molecule has 1 unspecified atom stereocenters. The van der Waals surface area contributed by atoms with Gasteiger partial charge < -0.3 is 14.0 Å². The number of methoxy groups -OCH3 is 2. The van der Waals surface area contributed by atoms with E-state index in [1.165, 1.54) is 0 Å². The number of amides is 1. The maximum atomic E-state index is 13.3. The zero-order valence-corrected chi connectivity index (χ0v) is 16.5. The molecule has 1 amide bonds. The maximum absolute atomic E-state index is 13.3. The Labute approximate surface area is 169 Å². The molecule has 0 N–H and O–H groups in total. The number of para-hydroxylation sites is 1. The number of carbonyl (C=O) groups excluding carboxylic acids is 1. The lowest BCUT2D eigenvalue weighted by Gasteiger charge is -2.23. The highest BCUT2D eigenvalue weighted by molar-refractivity contribution is 5.97. The molecule has 0 saturated heterocycles. The van der Waals surface area contributed by atoms with E-state index in [0.29, 0.717) is 31.2 Å². The first kappa shape index (κ1) is 19.1. The van der Waals surface area contributed by atoms with E-state index < -0.39 is 0 Å². The second kappa shape index (κ2) is 8.45. The summed E-state index contributed by atoms with van der Waals surface area (Å²) in [5, 5.41) is 4.04. The molecule has 0 spiro atoms. The fourth-order valence-corrected chi connectivity index (χ4v) is 3.59. The zero-order valence-electron chi connectivity index (χ0n) is 16.5. The van der Waals surface area contributed by atoms with Crippen molar-refractivity contribution in [3.63, 3.8) is 0 Å². The van der Waals surface area contributed by atoms with Crippen LogP contribution in [-0.2, 0) is 28.8 Å².